The number of carbonyl (C=O) groups excluding carboxylic acids is 2. The number of carbonyl (C=O) groups is 2. The molecule has 0 unspecified atom stereocenters. The lowest BCUT2D eigenvalue weighted by atomic mass is 9.70. The summed E-state index contributed by atoms with van der Waals surface area (Å²) in [6.45, 7) is 4.76. The zero-order valence-corrected chi connectivity index (χ0v) is 19.7. The van der Waals surface area contributed by atoms with Gasteiger partial charge in [-0.2, -0.15) is 0 Å². The quantitative estimate of drug-likeness (QED) is 0.459. The first-order valence-electron chi connectivity index (χ1n) is 12.2. The second-order valence-corrected chi connectivity index (χ2v) is 9.63. The van der Waals surface area contributed by atoms with Gasteiger partial charge in [0.25, 0.3) is 0 Å². The minimum atomic E-state index is -0.324. The van der Waals surface area contributed by atoms with Crippen LogP contribution in [-0.4, -0.2) is 29.6 Å². The maximum absolute atomic E-state index is 13.4. The van der Waals surface area contributed by atoms with Crippen molar-refractivity contribution in [3.05, 3.63) is 76.9 Å². The topological polar surface area (TPSA) is 66.8 Å². The molecule has 34 heavy (non-hydrogen) atoms. The molecule has 5 nitrogen and oxygen atoms in total. The van der Waals surface area contributed by atoms with Gasteiger partial charge in [0.2, 0.25) is 11.8 Å². The van der Waals surface area contributed by atoms with Crippen LogP contribution in [0.25, 0.3) is 6.08 Å². The SMILES string of the molecule is CC/C(=C\c1ccc(O)cc1)CC[C@H]1OC[C@H]2C1=C(C)C[C@H]1C(=O)N(c3ccccc3)C(=O)[C@H]12. The highest BCUT2D eigenvalue weighted by atomic mass is 16.5. The van der Waals surface area contributed by atoms with Crippen LogP contribution in [0.5, 0.6) is 5.75 Å². The second-order valence-electron chi connectivity index (χ2n) is 9.63. The minimum absolute atomic E-state index is 0.00519. The lowest BCUT2D eigenvalue weighted by Crippen LogP contribution is -2.34. The van der Waals surface area contributed by atoms with Gasteiger partial charge in [-0.1, -0.05) is 54.5 Å². The fraction of sp³-hybridized carbons (Fsp3) is 0.379. The van der Waals surface area contributed by atoms with Crippen molar-refractivity contribution >= 4 is 23.6 Å². The first-order chi connectivity index (χ1) is 16.5. The second kappa shape index (κ2) is 9.22. The van der Waals surface area contributed by atoms with Gasteiger partial charge in [0.05, 0.1) is 30.2 Å². The van der Waals surface area contributed by atoms with Crippen LogP contribution < -0.4 is 4.90 Å². The van der Waals surface area contributed by atoms with E-state index in [1.54, 1.807) is 12.1 Å². The van der Waals surface area contributed by atoms with Gasteiger partial charge in [-0.05, 0) is 68.0 Å². The number of aromatic hydroxyl groups is 1. The van der Waals surface area contributed by atoms with Crippen LogP contribution in [0.2, 0.25) is 0 Å². The molecule has 1 N–H and O–H groups in total. The Hall–Kier alpha value is -3.18. The van der Waals surface area contributed by atoms with Crippen molar-refractivity contribution in [2.45, 2.75) is 45.6 Å². The first-order valence-corrected chi connectivity index (χ1v) is 12.2. The number of fused-ring (bicyclic) bond motifs is 3. The normalized spacial score (nSPS) is 26.8. The minimum Gasteiger partial charge on any atom is -0.508 e. The third kappa shape index (κ3) is 3.98. The number of hydrogen-bond donors (Lipinski definition) is 1. The molecule has 1 aliphatic carbocycles. The van der Waals surface area contributed by atoms with Crippen molar-refractivity contribution in [1.82, 2.24) is 0 Å². The lowest BCUT2D eigenvalue weighted by molar-refractivity contribution is -0.122. The van der Waals surface area contributed by atoms with E-state index in [2.05, 4.69) is 19.9 Å². The van der Waals surface area contributed by atoms with E-state index in [9.17, 15) is 14.7 Å². The van der Waals surface area contributed by atoms with Gasteiger partial charge < -0.3 is 9.84 Å². The summed E-state index contributed by atoms with van der Waals surface area (Å²) in [5, 5.41) is 9.52. The molecule has 2 aromatic rings. The van der Waals surface area contributed by atoms with Crippen molar-refractivity contribution in [3.63, 3.8) is 0 Å². The molecule has 2 saturated heterocycles. The summed E-state index contributed by atoms with van der Waals surface area (Å²) >= 11 is 0. The molecular formula is C29H31NO4. The zero-order chi connectivity index (χ0) is 23.8. The summed E-state index contributed by atoms with van der Waals surface area (Å²) in [5.74, 6) is -0.515. The number of ether oxygens (including phenoxy) is 1. The van der Waals surface area contributed by atoms with Crippen molar-refractivity contribution in [1.29, 1.82) is 0 Å². The Balaban J connectivity index is 1.33. The van der Waals surface area contributed by atoms with Crippen molar-refractivity contribution in [2.75, 3.05) is 11.5 Å². The van der Waals surface area contributed by atoms with Crippen LogP contribution in [0.3, 0.4) is 0 Å². The Morgan fingerprint density at radius 3 is 2.50 bits per heavy atom. The molecule has 4 atom stereocenters. The molecule has 5 rings (SSSR count). The summed E-state index contributed by atoms with van der Waals surface area (Å²) in [5.41, 5.74) is 5.52. The highest BCUT2D eigenvalue weighted by Crippen LogP contribution is 2.50. The number of anilines is 1. The molecule has 176 valence electrons. The summed E-state index contributed by atoms with van der Waals surface area (Å²) in [6.07, 6.45) is 5.52. The standard InChI is InChI=1S/C29H31NO4/c1-3-19(16-20-9-12-22(31)13-10-20)11-14-25-26-18(2)15-23-27(24(26)17-34-25)29(33)30(28(23)32)21-7-5-4-6-8-21/h4-10,12-13,16,23-25,27,31H,3,11,14-15,17H2,1-2H3/b19-16+/t23-,24+,25-,27-/m1/s1. The number of phenolic OH excluding ortho intramolecular Hbond substituents is 1. The maximum Gasteiger partial charge on any atom is 0.238 e. The van der Waals surface area contributed by atoms with E-state index in [-0.39, 0.29) is 41.4 Å². The van der Waals surface area contributed by atoms with Crippen molar-refractivity contribution in [3.8, 4) is 5.75 Å². The average Bonchev–Trinajstić information content (AvgIpc) is 3.37. The summed E-state index contributed by atoms with van der Waals surface area (Å²) in [7, 11) is 0. The molecular weight excluding hydrogens is 426 g/mol. The van der Waals surface area contributed by atoms with Crippen LogP contribution in [-0.2, 0) is 14.3 Å². The largest absolute Gasteiger partial charge is 0.508 e. The molecule has 0 radical (unpaired) electrons. The van der Waals surface area contributed by atoms with Gasteiger partial charge >= 0.3 is 0 Å². The average molecular weight is 458 g/mol. The van der Waals surface area contributed by atoms with Crippen LogP contribution in [0.1, 0.15) is 45.1 Å². The molecule has 2 aliphatic heterocycles. The number of para-hydroxylation sites is 1. The Morgan fingerprint density at radius 1 is 1.06 bits per heavy atom. The number of nitrogens with zero attached hydrogens (tertiary/aromatic N) is 1. The van der Waals surface area contributed by atoms with Crippen LogP contribution >= 0.6 is 0 Å². The highest BCUT2D eigenvalue weighted by molar-refractivity contribution is 6.22. The summed E-state index contributed by atoms with van der Waals surface area (Å²) < 4.78 is 6.26. The van der Waals surface area contributed by atoms with E-state index < -0.39 is 0 Å². The Bertz CT molecular complexity index is 1150. The zero-order valence-electron chi connectivity index (χ0n) is 19.7. The number of allylic oxidation sites excluding steroid dienone is 2. The van der Waals surface area contributed by atoms with Gasteiger partial charge in [0.15, 0.2) is 0 Å². The monoisotopic (exact) mass is 457 g/mol. The third-order valence-corrected chi connectivity index (χ3v) is 7.61. The molecule has 0 bridgehead atoms. The van der Waals surface area contributed by atoms with E-state index in [1.165, 1.54) is 21.6 Å². The van der Waals surface area contributed by atoms with E-state index in [1.807, 2.05) is 42.5 Å². The highest BCUT2D eigenvalue weighted by Gasteiger charge is 2.56. The van der Waals surface area contributed by atoms with Crippen LogP contribution in [0.15, 0.2) is 71.3 Å². The Labute approximate surface area is 200 Å². The van der Waals surface area contributed by atoms with Crippen molar-refractivity contribution in [2.24, 2.45) is 17.8 Å². The van der Waals surface area contributed by atoms with Gasteiger partial charge in [-0.15, -0.1) is 0 Å². The fourth-order valence-corrected chi connectivity index (χ4v) is 5.93. The van der Waals surface area contributed by atoms with E-state index >= 15 is 0 Å². The fourth-order valence-electron chi connectivity index (χ4n) is 5.93. The molecule has 0 saturated carbocycles. The molecule has 0 spiro atoms. The molecule has 5 heteroatoms. The predicted octanol–water partition coefficient (Wildman–Crippen LogP) is 5.51. The van der Waals surface area contributed by atoms with Crippen molar-refractivity contribution < 1.29 is 19.4 Å². The van der Waals surface area contributed by atoms with Gasteiger partial charge in [-0.3, -0.25) is 14.5 Å². The first kappa shape index (κ1) is 22.6. The summed E-state index contributed by atoms with van der Waals surface area (Å²) in [6, 6.07) is 16.5. The molecule has 2 amide bonds. The van der Waals surface area contributed by atoms with Crippen LogP contribution in [0, 0.1) is 17.8 Å². The number of amides is 2. The van der Waals surface area contributed by atoms with Gasteiger partial charge in [-0.25, -0.2) is 0 Å². The predicted molar refractivity (Wildman–Crippen MR) is 132 cm³/mol. The molecule has 2 aromatic carbocycles. The third-order valence-electron chi connectivity index (χ3n) is 7.61. The molecule has 2 heterocycles. The smallest absolute Gasteiger partial charge is 0.238 e. The number of phenols is 1. The summed E-state index contributed by atoms with van der Waals surface area (Å²) in [4.78, 5) is 28.1. The van der Waals surface area contributed by atoms with E-state index in [0.717, 1.165) is 24.8 Å². The molecule has 0 aromatic heterocycles. The van der Waals surface area contributed by atoms with Crippen LogP contribution in [0.4, 0.5) is 5.69 Å². The number of imide groups is 1. The van der Waals surface area contributed by atoms with Gasteiger partial charge in [0.1, 0.15) is 5.75 Å². The molecule has 3 aliphatic rings. The number of benzene rings is 2. The number of hydrogen-bond acceptors (Lipinski definition) is 4. The lowest BCUT2D eigenvalue weighted by Gasteiger charge is -2.30. The number of rotatable bonds is 6. The van der Waals surface area contributed by atoms with E-state index in [0.29, 0.717) is 18.7 Å². The van der Waals surface area contributed by atoms with Gasteiger partial charge in [0, 0.05) is 5.92 Å². The molecule has 2 fully saturated rings. The van der Waals surface area contributed by atoms with E-state index in [4.69, 9.17) is 4.74 Å². The Morgan fingerprint density at radius 2 is 1.79 bits per heavy atom. The maximum atomic E-state index is 13.4. The Kier molecular flexibility index (Phi) is 6.13.